The number of aromatic nitrogens is 2. The number of hydrogen-bond acceptors (Lipinski definition) is 4. The minimum absolute atomic E-state index is 0.662. The minimum atomic E-state index is 0.662. The summed E-state index contributed by atoms with van der Waals surface area (Å²) in [6.07, 6.45) is 0. The quantitative estimate of drug-likeness (QED) is 0.171. The number of fused-ring (bicyclic) bond motifs is 6. The molecule has 0 atom stereocenters. The van der Waals surface area contributed by atoms with Crippen LogP contribution in [0.3, 0.4) is 0 Å². The van der Waals surface area contributed by atoms with Crippen molar-refractivity contribution in [3.8, 4) is 67.3 Å². The van der Waals surface area contributed by atoms with Gasteiger partial charge in [-0.3, -0.25) is 0 Å². The molecule has 4 heteroatoms. The first-order chi connectivity index (χ1) is 27.7. The van der Waals surface area contributed by atoms with Crippen LogP contribution in [0, 0.1) is 0 Å². The molecule has 0 spiro atoms. The van der Waals surface area contributed by atoms with E-state index in [2.05, 4.69) is 164 Å². The van der Waals surface area contributed by atoms with E-state index in [1.807, 2.05) is 41.7 Å². The van der Waals surface area contributed by atoms with Crippen molar-refractivity contribution in [1.29, 1.82) is 0 Å². The molecule has 0 radical (unpaired) electrons. The maximum absolute atomic E-state index is 6.54. The molecule has 0 unspecified atom stereocenters. The van der Waals surface area contributed by atoms with Crippen LogP contribution < -0.4 is 0 Å². The van der Waals surface area contributed by atoms with Gasteiger partial charge in [-0.15, -0.1) is 11.3 Å². The molecular formula is C52H32N2OS. The van der Waals surface area contributed by atoms with E-state index < -0.39 is 0 Å². The third-order valence-electron chi connectivity index (χ3n) is 10.7. The van der Waals surface area contributed by atoms with Crippen molar-refractivity contribution in [3.63, 3.8) is 0 Å². The summed E-state index contributed by atoms with van der Waals surface area (Å²) in [7, 11) is 0. The summed E-state index contributed by atoms with van der Waals surface area (Å²) >= 11 is 1.85. The molecule has 56 heavy (non-hydrogen) atoms. The average Bonchev–Trinajstić information content (AvgIpc) is 3.85. The van der Waals surface area contributed by atoms with E-state index in [0.717, 1.165) is 66.7 Å². The van der Waals surface area contributed by atoms with Gasteiger partial charge in [0.2, 0.25) is 0 Å². The van der Waals surface area contributed by atoms with Crippen LogP contribution in [-0.2, 0) is 0 Å². The van der Waals surface area contributed by atoms with Gasteiger partial charge in [0, 0.05) is 47.6 Å². The van der Waals surface area contributed by atoms with Crippen LogP contribution in [0.25, 0.3) is 109 Å². The van der Waals surface area contributed by atoms with E-state index >= 15 is 0 Å². The second kappa shape index (κ2) is 13.3. The standard InChI is InChI=1S/C52H32N2OS/c1-3-15-33(16-4-1)38-19-7-8-20-39(38)35-29-36(40-23-13-25-44-42-22-10-12-28-49(42)56-51(40)44)31-37(30-35)46-32-47(54-52(53-46)34-17-5-2-6-18-34)45-26-14-24-43-41-21-9-11-27-48(41)55-50(43)45/h1-32H. The molecule has 262 valence electrons. The van der Waals surface area contributed by atoms with Gasteiger partial charge < -0.3 is 4.42 Å². The van der Waals surface area contributed by atoms with Crippen molar-refractivity contribution in [3.05, 3.63) is 194 Å². The van der Waals surface area contributed by atoms with Gasteiger partial charge in [0.05, 0.1) is 11.4 Å². The molecule has 0 aliphatic heterocycles. The topological polar surface area (TPSA) is 38.9 Å². The first kappa shape index (κ1) is 32.3. The molecule has 0 saturated heterocycles. The van der Waals surface area contributed by atoms with Gasteiger partial charge in [-0.25, -0.2) is 9.97 Å². The highest BCUT2D eigenvalue weighted by atomic mass is 32.1. The van der Waals surface area contributed by atoms with Gasteiger partial charge in [-0.05, 0) is 75.8 Å². The summed E-state index contributed by atoms with van der Waals surface area (Å²) < 4.78 is 9.11. The average molecular weight is 733 g/mol. The number of nitrogens with zero attached hydrogens (tertiary/aromatic N) is 2. The number of para-hydroxylation sites is 2. The Hall–Kier alpha value is -7.14. The zero-order valence-electron chi connectivity index (χ0n) is 30.2. The van der Waals surface area contributed by atoms with Crippen LogP contribution in [-0.4, -0.2) is 9.97 Å². The predicted octanol–water partition coefficient (Wildman–Crippen LogP) is 14.7. The zero-order chi connectivity index (χ0) is 37.0. The summed E-state index contributed by atoms with van der Waals surface area (Å²) in [4.78, 5) is 10.6. The minimum Gasteiger partial charge on any atom is -0.455 e. The van der Waals surface area contributed by atoms with Crippen LogP contribution in [0.5, 0.6) is 0 Å². The van der Waals surface area contributed by atoms with Crippen molar-refractivity contribution in [2.24, 2.45) is 0 Å². The highest BCUT2D eigenvalue weighted by Crippen LogP contribution is 2.44. The predicted molar refractivity (Wildman–Crippen MR) is 235 cm³/mol. The van der Waals surface area contributed by atoms with Crippen molar-refractivity contribution in [2.45, 2.75) is 0 Å². The Kier molecular flexibility index (Phi) is 7.68. The Balaban J connectivity index is 1.19. The Morgan fingerprint density at radius 1 is 0.357 bits per heavy atom. The molecule has 3 heterocycles. The highest BCUT2D eigenvalue weighted by molar-refractivity contribution is 7.26. The summed E-state index contributed by atoms with van der Waals surface area (Å²) in [5.74, 6) is 0.662. The van der Waals surface area contributed by atoms with Crippen LogP contribution in [0.4, 0.5) is 0 Å². The third-order valence-corrected chi connectivity index (χ3v) is 11.9. The van der Waals surface area contributed by atoms with Crippen LogP contribution in [0.15, 0.2) is 199 Å². The second-order valence-corrected chi connectivity index (χ2v) is 15.2. The highest BCUT2D eigenvalue weighted by Gasteiger charge is 2.19. The normalized spacial score (nSPS) is 11.6. The fourth-order valence-corrected chi connectivity index (χ4v) is 9.30. The van der Waals surface area contributed by atoms with Gasteiger partial charge in [-0.1, -0.05) is 152 Å². The first-order valence-electron chi connectivity index (χ1n) is 18.8. The summed E-state index contributed by atoms with van der Waals surface area (Å²) in [6, 6.07) is 68.6. The van der Waals surface area contributed by atoms with Gasteiger partial charge in [-0.2, -0.15) is 0 Å². The van der Waals surface area contributed by atoms with Crippen LogP contribution in [0.2, 0.25) is 0 Å². The smallest absolute Gasteiger partial charge is 0.160 e. The summed E-state index contributed by atoms with van der Waals surface area (Å²) in [5.41, 5.74) is 13.2. The molecule has 3 aromatic heterocycles. The van der Waals surface area contributed by atoms with E-state index in [0.29, 0.717) is 5.82 Å². The molecule has 0 bridgehead atoms. The lowest BCUT2D eigenvalue weighted by molar-refractivity contribution is 0.670. The zero-order valence-corrected chi connectivity index (χ0v) is 31.0. The Morgan fingerprint density at radius 3 is 1.71 bits per heavy atom. The van der Waals surface area contributed by atoms with E-state index in [4.69, 9.17) is 14.4 Å². The fraction of sp³-hybridized carbons (Fsp3) is 0. The van der Waals surface area contributed by atoms with E-state index in [1.165, 1.54) is 36.9 Å². The van der Waals surface area contributed by atoms with Gasteiger partial charge >= 0.3 is 0 Å². The van der Waals surface area contributed by atoms with Crippen molar-refractivity contribution < 1.29 is 4.42 Å². The molecule has 0 amide bonds. The molecule has 0 aliphatic carbocycles. The SMILES string of the molecule is c1ccc(-c2nc(-c3cc(-c4ccccc4-c4ccccc4)cc(-c4cccc5c4sc4ccccc45)c3)cc(-c3cccc4c3oc3ccccc34)n2)cc1. The Morgan fingerprint density at radius 2 is 0.911 bits per heavy atom. The van der Waals surface area contributed by atoms with Gasteiger partial charge in [0.1, 0.15) is 11.2 Å². The van der Waals surface area contributed by atoms with E-state index in [9.17, 15) is 0 Å². The van der Waals surface area contributed by atoms with Crippen molar-refractivity contribution in [1.82, 2.24) is 9.97 Å². The van der Waals surface area contributed by atoms with Crippen LogP contribution in [0.1, 0.15) is 0 Å². The molecule has 0 N–H and O–H groups in total. The van der Waals surface area contributed by atoms with E-state index in [-0.39, 0.29) is 0 Å². The molecule has 11 rings (SSSR count). The Bertz CT molecular complexity index is 3250. The van der Waals surface area contributed by atoms with Gasteiger partial charge in [0.15, 0.2) is 5.82 Å². The largest absolute Gasteiger partial charge is 0.455 e. The summed E-state index contributed by atoms with van der Waals surface area (Å²) in [5, 5.41) is 4.71. The first-order valence-corrected chi connectivity index (χ1v) is 19.6. The van der Waals surface area contributed by atoms with E-state index in [1.54, 1.807) is 0 Å². The molecule has 11 aromatic rings. The molecule has 3 nitrogen and oxygen atoms in total. The maximum Gasteiger partial charge on any atom is 0.160 e. The second-order valence-electron chi connectivity index (χ2n) is 14.1. The molecule has 0 saturated carbocycles. The lowest BCUT2D eigenvalue weighted by atomic mass is 9.90. The number of hydrogen-bond donors (Lipinski definition) is 0. The van der Waals surface area contributed by atoms with Crippen molar-refractivity contribution in [2.75, 3.05) is 0 Å². The number of thiophene rings is 1. The molecule has 0 fully saturated rings. The molecule has 8 aromatic carbocycles. The monoisotopic (exact) mass is 732 g/mol. The maximum atomic E-state index is 6.54. The molecular weight excluding hydrogens is 701 g/mol. The van der Waals surface area contributed by atoms with Crippen LogP contribution >= 0.6 is 11.3 Å². The summed E-state index contributed by atoms with van der Waals surface area (Å²) in [6.45, 7) is 0. The van der Waals surface area contributed by atoms with Crippen molar-refractivity contribution >= 4 is 53.4 Å². The third kappa shape index (κ3) is 5.50. The number of rotatable bonds is 6. The lowest BCUT2D eigenvalue weighted by Gasteiger charge is -2.16. The Labute approximate surface area is 327 Å². The van der Waals surface area contributed by atoms with Gasteiger partial charge in [0.25, 0.3) is 0 Å². The lowest BCUT2D eigenvalue weighted by Crippen LogP contribution is -1.97. The fourth-order valence-electron chi connectivity index (χ4n) is 8.06. The molecule has 0 aliphatic rings. The number of furan rings is 1. The number of benzene rings is 8.